The van der Waals surface area contributed by atoms with Gasteiger partial charge in [0, 0.05) is 16.7 Å². The molecule has 0 aromatic heterocycles. The number of rotatable bonds is 7. The molecule has 2 rings (SSSR count). The van der Waals surface area contributed by atoms with Crippen molar-refractivity contribution in [2.24, 2.45) is 0 Å². The minimum Gasteiger partial charge on any atom is -0.496 e. The minimum atomic E-state index is -0.938. The summed E-state index contributed by atoms with van der Waals surface area (Å²) < 4.78 is 5.31. The second-order valence-electron chi connectivity index (χ2n) is 7.08. The molecule has 0 saturated carbocycles. The number of carbonyl (C=O) groups is 2. The van der Waals surface area contributed by atoms with Crippen LogP contribution < -0.4 is 10.1 Å². The van der Waals surface area contributed by atoms with E-state index < -0.39 is 5.54 Å². The number of ether oxygens (including phenoxy) is 1. The summed E-state index contributed by atoms with van der Waals surface area (Å²) in [7, 11) is 1.58. The van der Waals surface area contributed by atoms with Gasteiger partial charge in [0.1, 0.15) is 11.3 Å². The Morgan fingerprint density at radius 2 is 1.59 bits per heavy atom. The fourth-order valence-corrected chi connectivity index (χ4v) is 3.55. The zero-order chi connectivity index (χ0) is 20.2. The number of aryl methyl sites for hydroxylation is 2. The van der Waals surface area contributed by atoms with Crippen LogP contribution in [0.4, 0.5) is 0 Å². The van der Waals surface area contributed by atoms with Gasteiger partial charge in [-0.05, 0) is 57.9 Å². The van der Waals surface area contributed by atoms with Gasteiger partial charge in [-0.3, -0.25) is 9.59 Å². The molecule has 2 aromatic rings. The summed E-state index contributed by atoms with van der Waals surface area (Å²) in [5.41, 5.74) is 3.06. The number of benzene rings is 2. The average Bonchev–Trinajstić information content (AvgIpc) is 2.65. The van der Waals surface area contributed by atoms with Gasteiger partial charge >= 0.3 is 0 Å². The average molecular weight is 367 g/mol. The van der Waals surface area contributed by atoms with Crippen LogP contribution in [0.5, 0.6) is 5.75 Å². The molecular weight excluding hydrogens is 338 g/mol. The Labute approximate surface area is 161 Å². The summed E-state index contributed by atoms with van der Waals surface area (Å²) in [5, 5.41) is 3.03. The van der Waals surface area contributed by atoms with E-state index in [0.717, 1.165) is 16.7 Å². The van der Waals surface area contributed by atoms with Crippen molar-refractivity contribution in [1.82, 2.24) is 5.32 Å². The van der Waals surface area contributed by atoms with E-state index in [9.17, 15) is 9.59 Å². The highest BCUT2D eigenvalue weighted by atomic mass is 16.5. The van der Waals surface area contributed by atoms with Gasteiger partial charge < -0.3 is 10.1 Å². The van der Waals surface area contributed by atoms with Crippen LogP contribution >= 0.6 is 0 Å². The third-order valence-corrected chi connectivity index (χ3v) is 5.23. The van der Waals surface area contributed by atoms with Crippen molar-refractivity contribution in [1.29, 1.82) is 0 Å². The quantitative estimate of drug-likeness (QED) is 0.716. The van der Waals surface area contributed by atoms with Crippen LogP contribution in [0.15, 0.2) is 36.4 Å². The molecular formula is C23H29NO3. The molecule has 0 spiro atoms. The van der Waals surface area contributed by atoms with Gasteiger partial charge in [0.25, 0.3) is 5.91 Å². The lowest BCUT2D eigenvalue weighted by Gasteiger charge is -2.32. The lowest BCUT2D eigenvalue weighted by atomic mass is 9.83. The van der Waals surface area contributed by atoms with Crippen LogP contribution in [-0.2, 0) is 0 Å². The van der Waals surface area contributed by atoms with Gasteiger partial charge in [0.05, 0.1) is 7.11 Å². The third-order valence-electron chi connectivity index (χ3n) is 5.23. The summed E-state index contributed by atoms with van der Waals surface area (Å²) in [6.45, 7) is 9.66. The number of hydrogen-bond acceptors (Lipinski definition) is 3. The van der Waals surface area contributed by atoms with E-state index in [4.69, 9.17) is 4.74 Å². The Morgan fingerprint density at radius 1 is 1.00 bits per heavy atom. The van der Waals surface area contributed by atoms with E-state index in [1.54, 1.807) is 19.2 Å². The standard InChI is InChI=1S/C23H29NO3/c1-7-23(8-2,21(25)18-13-15(3)12-16(4)14-18)24-22(26)19-10-9-11-20(27-6)17(19)5/h9-14H,7-8H2,1-6H3,(H,24,26). The number of hydrogen-bond donors (Lipinski definition) is 1. The van der Waals surface area contributed by atoms with Gasteiger partial charge in [0.2, 0.25) is 0 Å². The first-order valence-electron chi connectivity index (χ1n) is 9.37. The first-order chi connectivity index (χ1) is 12.8. The second-order valence-corrected chi connectivity index (χ2v) is 7.08. The van der Waals surface area contributed by atoms with E-state index in [1.807, 2.05) is 58.9 Å². The second kappa shape index (κ2) is 8.38. The van der Waals surface area contributed by atoms with Crippen LogP contribution in [0.3, 0.4) is 0 Å². The molecule has 0 heterocycles. The van der Waals surface area contributed by atoms with Crippen molar-refractivity contribution in [2.45, 2.75) is 53.0 Å². The Balaban J connectivity index is 2.41. The molecule has 0 radical (unpaired) electrons. The highest BCUT2D eigenvalue weighted by Crippen LogP contribution is 2.26. The molecule has 0 saturated heterocycles. The molecule has 1 N–H and O–H groups in total. The van der Waals surface area contributed by atoms with Crippen LogP contribution in [0.2, 0.25) is 0 Å². The fourth-order valence-electron chi connectivity index (χ4n) is 3.55. The van der Waals surface area contributed by atoms with Gasteiger partial charge in [0.15, 0.2) is 5.78 Å². The molecule has 0 fully saturated rings. The molecule has 0 aliphatic rings. The zero-order valence-corrected chi connectivity index (χ0v) is 17.1. The maximum atomic E-state index is 13.4. The van der Waals surface area contributed by atoms with Gasteiger partial charge in [-0.25, -0.2) is 0 Å². The molecule has 0 bridgehead atoms. The molecule has 144 valence electrons. The molecule has 0 aliphatic heterocycles. The van der Waals surface area contributed by atoms with E-state index >= 15 is 0 Å². The molecule has 4 nitrogen and oxygen atoms in total. The summed E-state index contributed by atoms with van der Waals surface area (Å²) in [6, 6.07) is 11.2. The van der Waals surface area contributed by atoms with Gasteiger partial charge in [-0.2, -0.15) is 0 Å². The first-order valence-corrected chi connectivity index (χ1v) is 9.37. The lowest BCUT2D eigenvalue weighted by Crippen LogP contribution is -2.54. The van der Waals surface area contributed by atoms with E-state index in [-0.39, 0.29) is 11.7 Å². The van der Waals surface area contributed by atoms with Gasteiger partial charge in [-0.15, -0.1) is 0 Å². The summed E-state index contributed by atoms with van der Waals surface area (Å²) in [4.78, 5) is 26.4. The van der Waals surface area contributed by atoms with Crippen molar-refractivity contribution in [3.63, 3.8) is 0 Å². The fraction of sp³-hybridized carbons (Fsp3) is 0.391. The summed E-state index contributed by atoms with van der Waals surface area (Å²) >= 11 is 0. The Kier molecular flexibility index (Phi) is 6.42. The topological polar surface area (TPSA) is 55.4 Å². The number of Topliss-reactive ketones (excluding diaryl/α,β-unsaturated/α-hetero) is 1. The monoisotopic (exact) mass is 367 g/mol. The molecule has 0 atom stereocenters. The van der Waals surface area contributed by atoms with Crippen LogP contribution in [-0.4, -0.2) is 24.3 Å². The summed E-state index contributed by atoms with van der Waals surface area (Å²) in [6.07, 6.45) is 1.04. The van der Waals surface area contributed by atoms with Crippen LogP contribution in [0.25, 0.3) is 0 Å². The zero-order valence-electron chi connectivity index (χ0n) is 17.1. The van der Waals surface area contributed by atoms with E-state index in [0.29, 0.717) is 29.7 Å². The van der Waals surface area contributed by atoms with Crippen molar-refractivity contribution in [2.75, 3.05) is 7.11 Å². The molecule has 2 aromatic carbocycles. The molecule has 4 heteroatoms. The van der Waals surface area contributed by atoms with Crippen molar-refractivity contribution in [3.05, 3.63) is 64.2 Å². The number of methoxy groups -OCH3 is 1. The van der Waals surface area contributed by atoms with Crippen molar-refractivity contribution < 1.29 is 14.3 Å². The smallest absolute Gasteiger partial charge is 0.252 e. The highest BCUT2D eigenvalue weighted by molar-refractivity contribution is 6.07. The Bertz CT molecular complexity index is 830. The Morgan fingerprint density at radius 3 is 2.11 bits per heavy atom. The maximum absolute atomic E-state index is 13.4. The SMILES string of the molecule is CCC(CC)(NC(=O)c1cccc(OC)c1C)C(=O)c1cc(C)cc(C)c1. The predicted octanol–water partition coefficient (Wildman–Crippen LogP) is 4.79. The number of ketones is 1. The largest absolute Gasteiger partial charge is 0.496 e. The summed E-state index contributed by atoms with van der Waals surface area (Å²) in [5.74, 6) is 0.350. The number of amides is 1. The van der Waals surface area contributed by atoms with Gasteiger partial charge in [-0.1, -0.05) is 37.1 Å². The first kappa shape index (κ1) is 20.7. The number of carbonyl (C=O) groups excluding carboxylic acids is 2. The lowest BCUT2D eigenvalue weighted by molar-refractivity contribution is 0.0753. The normalized spacial score (nSPS) is 11.2. The molecule has 0 aliphatic carbocycles. The molecule has 0 unspecified atom stereocenters. The van der Waals surface area contributed by atoms with E-state index in [1.165, 1.54) is 0 Å². The number of nitrogens with one attached hydrogen (secondary N) is 1. The highest BCUT2D eigenvalue weighted by Gasteiger charge is 2.37. The van der Waals surface area contributed by atoms with Crippen molar-refractivity contribution >= 4 is 11.7 Å². The predicted molar refractivity (Wildman–Crippen MR) is 109 cm³/mol. The molecule has 27 heavy (non-hydrogen) atoms. The maximum Gasteiger partial charge on any atom is 0.252 e. The van der Waals surface area contributed by atoms with Crippen LogP contribution in [0, 0.1) is 20.8 Å². The molecule has 1 amide bonds. The minimum absolute atomic E-state index is 0.0480. The Hall–Kier alpha value is -2.62. The third kappa shape index (κ3) is 4.21. The van der Waals surface area contributed by atoms with Crippen LogP contribution in [0.1, 0.15) is 64.1 Å². The van der Waals surface area contributed by atoms with E-state index in [2.05, 4.69) is 5.32 Å². The van der Waals surface area contributed by atoms with Crippen molar-refractivity contribution in [3.8, 4) is 5.75 Å².